The van der Waals surface area contributed by atoms with Gasteiger partial charge in [0.15, 0.2) is 0 Å². The minimum absolute atomic E-state index is 0.273. The van der Waals surface area contributed by atoms with Crippen molar-refractivity contribution in [3.05, 3.63) is 53.6 Å². The van der Waals surface area contributed by atoms with E-state index < -0.39 is 0 Å². The van der Waals surface area contributed by atoms with Crippen LogP contribution in [0.25, 0.3) is 10.6 Å². The quantitative estimate of drug-likeness (QED) is 0.740. The smallest absolute Gasteiger partial charge is 0.131 e. The van der Waals surface area contributed by atoms with Crippen molar-refractivity contribution in [2.75, 3.05) is 0 Å². The fraction of sp³-hybridized carbons (Fsp3) is 0.143. The summed E-state index contributed by atoms with van der Waals surface area (Å²) in [5, 5.41) is 6.98. The van der Waals surface area contributed by atoms with E-state index in [1.165, 1.54) is 12.1 Å². The Morgan fingerprint density at radius 1 is 1.30 bits per heavy atom. The van der Waals surface area contributed by atoms with Gasteiger partial charge < -0.3 is 4.74 Å². The molecule has 0 amide bonds. The lowest BCUT2D eigenvalue weighted by Crippen LogP contribution is -1.95. The third-order valence-electron chi connectivity index (χ3n) is 2.70. The molecule has 0 unspecified atom stereocenters. The van der Waals surface area contributed by atoms with E-state index in [0.717, 1.165) is 16.3 Å². The zero-order valence-electron chi connectivity index (χ0n) is 10.8. The number of benzene rings is 1. The van der Waals surface area contributed by atoms with Gasteiger partial charge in [-0.05, 0) is 24.3 Å². The summed E-state index contributed by atoms with van der Waals surface area (Å²) >= 11 is 1.55. The molecule has 3 rings (SSSR count). The van der Waals surface area contributed by atoms with E-state index in [1.807, 2.05) is 18.6 Å². The van der Waals surface area contributed by atoms with Crippen LogP contribution >= 0.6 is 11.3 Å². The monoisotopic (exact) mass is 289 g/mol. The maximum atomic E-state index is 12.8. The van der Waals surface area contributed by atoms with Gasteiger partial charge in [0.05, 0.1) is 11.9 Å². The molecule has 0 aliphatic heterocycles. The number of aromatic nitrogens is 3. The number of halogens is 1. The zero-order valence-corrected chi connectivity index (χ0v) is 11.6. The number of hydrogen-bond acceptors (Lipinski definition) is 4. The second-order valence-corrected chi connectivity index (χ2v) is 5.15. The fourth-order valence-electron chi connectivity index (χ4n) is 1.73. The molecule has 0 fully saturated rings. The van der Waals surface area contributed by atoms with Crippen LogP contribution in [0, 0.1) is 5.82 Å². The Labute approximate surface area is 119 Å². The molecule has 4 nitrogen and oxygen atoms in total. The van der Waals surface area contributed by atoms with Crippen LogP contribution in [0.3, 0.4) is 0 Å². The molecule has 3 aromatic rings. The van der Waals surface area contributed by atoms with Gasteiger partial charge in [-0.3, -0.25) is 4.68 Å². The maximum absolute atomic E-state index is 12.8. The molecule has 0 bridgehead atoms. The summed E-state index contributed by atoms with van der Waals surface area (Å²) in [6.45, 7) is 0.363. The van der Waals surface area contributed by atoms with Gasteiger partial charge in [-0.2, -0.15) is 5.10 Å². The van der Waals surface area contributed by atoms with Crippen LogP contribution in [0.15, 0.2) is 42.0 Å². The molecule has 102 valence electrons. The first-order chi connectivity index (χ1) is 9.70. The van der Waals surface area contributed by atoms with Crippen molar-refractivity contribution in [1.82, 2.24) is 14.8 Å². The average Bonchev–Trinajstić information content (AvgIpc) is 3.07. The maximum Gasteiger partial charge on any atom is 0.131 e. The summed E-state index contributed by atoms with van der Waals surface area (Å²) in [6, 6.07) is 5.95. The molecule has 0 saturated heterocycles. The minimum Gasteiger partial charge on any atom is -0.487 e. The first kappa shape index (κ1) is 12.8. The highest BCUT2D eigenvalue weighted by Gasteiger charge is 2.07. The fourth-order valence-corrected chi connectivity index (χ4v) is 2.51. The second kappa shape index (κ2) is 5.42. The van der Waals surface area contributed by atoms with Crippen molar-refractivity contribution in [2.45, 2.75) is 6.61 Å². The van der Waals surface area contributed by atoms with Crippen LogP contribution < -0.4 is 4.74 Å². The van der Waals surface area contributed by atoms with Gasteiger partial charge in [-0.25, -0.2) is 9.37 Å². The number of ether oxygens (including phenoxy) is 1. The molecule has 0 N–H and O–H groups in total. The molecular weight excluding hydrogens is 277 g/mol. The van der Waals surface area contributed by atoms with Gasteiger partial charge in [0.2, 0.25) is 0 Å². The molecule has 0 atom stereocenters. The number of aryl methyl sites for hydroxylation is 1. The molecule has 0 aliphatic rings. The van der Waals surface area contributed by atoms with E-state index in [2.05, 4.69) is 10.1 Å². The number of nitrogens with zero attached hydrogens (tertiary/aromatic N) is 3. The highest BCUT2D eigenvalue weighted by Crippen LogP contribution is 2.23. The summed E-state index contributed by atoms with van der Waals surface area (Å²) in [4.78, 5) is 4.49. The average molecular weight is 289 g/mol. The summed E-state index contributed by atoms with van der Waals surface area (Å²) < 4.78 is 20.1. The van der Waals surface area contributed by atoms with Gasteiger partial charge in [-0.1, -0.05) is 0 Å². The molecular formula is C14H12FN3OS. The van der Waals surface area contributed by atoms with E-state index >= 15 is 0 Å². The Hall–Kier alpha value is -2.21. The molecule has 0 saturated carbocycles. The molecule has 0 aliphatic carbocycles. The van der Waals surface area contributed by atoms with Crippen molar-refractivity contribution in [1.29, 1.82) is 0 Å². The summed E-state index contributed by atoms with van der Waals surface area (Å²) in [5.74, 6) is 0.354. The molecule has 0 spiro atoms. The molecule has 0 radical (unpaired) electrons. The third kappa shape index (κ3) is 2.85. The van der Waals surface area contributed by atoms with E-state index in [9.17, 15) is 4.39 Å². The Bertz CT molecular complexity index is 705. The SMILES string of the molecule is Cn1cc(-c2nc(COc3ccc(F)cc3)cs2)cn1. The van der Waals surface area contributed by atoms with Crippen LogP contribution in [0.1, 0.15) is 5.69 Å². The number of thiazole rings is 1. The molecule has 6 heteroatoms. The van der Waals surface area contributed by atoms with Gasteiger partial charge in [-0.15, -0.1) is 11.3 Å². The van der Waals surface area contributed by atoms with Gasteiger partial charge in [0.1, 0.15) is 23.2 Å². The first-order valence-electron chi connectivity index (χ1n) is 6.02. The number of hydrogen-bond donors (Lipinski definition) is 0. The topological polar surface area (TPSA) is 39.9 Å². The van der Waals surface area contributed by atoms with Crippen molar-refractivity contribution in [3.8, 4) is 16.3 Å². The van der Waals surface area contributed by atoms with E-state index in [4.69, 9.17) is 4.74 Å². The largest absolute Gasteiger partial charge is 0.487 e. The van der Waals surface area contributed by atoms with Crippen LogP contribution in [0.4, 0.5) is 4.39 Å². The molecule has 1 aromatic carbocycles. The van der Waals surface area contributed by atoms with E-state index in [-0.39, 0.29) is 5.82 Å². The van der Waals surface area contributed by atoms with Crippen LogP contribution in [-0.4, -0.2) is 14.8 Å². The molecule has 20 heavy (non-hydrogen) atoms. The third-order valence-corrected chi connectivity index (χ3v) is 3.64. The normalized spacial score (nSPS) is 10.7. The van der Waals surface area contributed by atoms with Crippen molar-refractivity contribution < 1.29 is 9.13 Å². The van der Waals surface area contributed by atoms with Crippen molar-refractivity contribution in [2.24, 2.45) is 7.05 Å². The van der Waals surface area contributed by atoms with Crippen molar-refractivity contribution in [3.63, 3.8) is 0 Å². The number of rotatable bonds is 4. The minimum atomic E-state index is -0.273. The Kier molecular flexibility index (Phi) is 3.47. The second-order valence-electron chi connectivity index (χ2n) is 4.29. The lowest BCUT2D eigenvalue weighted by molar-refractivity contribution is 0.302. The Morgan fingerprint density at radius 3 is 2.80 bits per heavy atom. The van der Waals surface area contributed by atoms with Crippen molar-refractivity contribution >= 4 is 11.3 Å². The predicted octanol–water partition coefficient (Wildman–Crippen LogP) is 3.26. The Morgan fingerprint density at radius 2 is 2.10 bits per heavy atom. The standard InChI is InChI=1S/C14H12FN3OS/c1-18-7-10(6-16-18)14-17-12(9-20-14)8-19-13-4-2-11(15)3-5-13/h2-7,9H,8H2,1H3. The van der Waals surface area contributed by atoms with Gasteiger partial charge in [0.25, 0.3) is 0 Å². The highest BCUT2D eigenvalue weighted by molar-refractivity contribution is 7.13. The van der Waals surface area contributed by atoms with E-state index in [0.29, 0.717) is 12.4 Å². The Balaban J connectivity index is 1.67. The van der Waals surface area contributed by atoms with Crippen LogP contribution in [-0.2, 0) is 13.7 Å². The molecule has 2 heterocycles. The van der Waals surface area contributed by atoms with Crippen LogP contribution in [0.5, 0.6) is 5.75 Å². The summed E-state index contributed by atoms with van der Waals surface area (Å²) in [7, 11) is 1.87. The lowest BCUT2D eigenvalue weighted by atomic mass is 10.3. The van der Waals surface area contributed by atoms with E-state index in [1.54, 1.807) is 34.3 Å². The highest BCUT2D eigenvalue weighted by atomic mass is 32.1. The van der Waals surface area contributed by atoms with Gasteiger partial charge >= 0.3 is 0 Å². The summed E-state index contributed by atoms with van der Waals surface area (Å²) in [5.41, 5.74) is 1.84. The predicted molar refractivity (Wildman–Crippen MR) is 75.0 cm³/mol. The first-order valence-corrected chi connectivity index (χ1v) is 6.90. The molecule has 2 aromatic heterocycles. The van der Waals surface area contributed by atoms with Crippen LogP contribution in [0.2, 0.25) is 0 Å². The summed E-state index contributed by atoms with van der Waals surface area (Å²) in [6.07, 6.45) is 3.70. The lowest BCUT2D eigenvalue weighted by Gasteiger charge is -2.03. The zero-order chi connectivity index (χ0) is 13.9. The van der Waals surface area contributed by atoms with Gasteiger partial charge in [0, 0.05) is 24.2 Å².